The van der Waals surface area contributed by atoms with Crippen molar-refractivity contribution in [2.45, 2.75) is 92.0 Å². The second-order valence-electron chi connectivity index (χ2n) is 9.09. The van der Waals surface area contributed by atoms with Gasteiger partial charge in [0.25, 0.3) is 0 Å². The van der Waals surface area contributed by atoms with Gasteiger partial charge in [-0.25, -0.2) is 0 Å². The monoisotopic (exact) mass is 332 g/mol. The minimum atomic E-state index is -0.705. The molecule has 0 bridgehead atoms. The molecule has 23 heavy (non-hydrogen) atoms. The van der Waals surface area contributed by atoms with Crippen molar-refractivity contribution in [1.82, 2.24) is 0 Å². The minimum absolute atomic E-state index is 0.0953. The van der Waals surface area contributed by atoms with E-state index in [1.165, 1.54) is 0 Å². The number of hydrogen-bond donors (Lipinski definition) is 2. The molecule has 0 aliphatic carbocycles. The van der Waals surface area contributed by atoms with Crippen LogP contribution in [0.2, 0.25) is 0 Å². The highest BCUT2D eigenvalue weighted by atomic mass is 16.5. The summed E-state index contributed by atoms with van der Waals surface area (Å²) < 4.78 is 12.1. The van der Waals surface area contributed by atoms with Crippen LogP contribution in [0.1, 0.15) is 75.2 Å². The van der Waals surface area contributed by atoms with E-state index in [1.807, 2.05) is 13.8 Å². The molecule has 4 heteroatoms. The SMILES string of the molecule is CC(COC(C)(C)CCO)C(C)(C)C(C)(C)OCCC(C)(C)O. The first-order valence-corrected chi connectivity index (χ1v) is 8.76. The maximum Gasteiger partial charge on any atom is 0.0680 e. The van der Waals surface area contributed by atoms with Crippen molar-refractivity contribution in [3.63, 3.8) is 0 Å². The molecule has 0 aromatic carbocycles. The molecule has 140 valence electrons. The van der Waals surface area contributed by atoms with E-state index >= 15 is 0 Å². The fraction of sp³-hybridized carbons (Fsp3) is 1.00. The van der Waals surface area contributed by atoms with E-state index in [9.17, 15) is 5.11 Å². The summed E-state index contributed by atoms with van der Waals surface area (Å²) in [4.78, 5) is 0. The third-order valence-corrected chi connectivity index (χ3v) is 5.40. The molecule has 0 rings (SSSR count). The molecule has 0 saturated carbocycles. The zero-order valence-corrected chi connectivity index (χ0v) is 16.8. The Morgan fingerprint density at radius 1 is 0.870 bits per heavy atom. The van der Waals surface area contributed by atoms with Gasteiger partial charge in [-0.1, -0.05) is 20.8 Å². The van der Waals surface area contributed by atoms with Crippen molar-refractivity contribution >= 4 is 0 Å². The Labute approximate surface area is 143 Å². The van der Waals surface area contributed by atoms with Crippen LogP contribution in [-0.2, 0) is 9.47 Å². The molecule has 0 aromatic heterocycles. The zero-order chi connectivity index (χ0) is 18.5. The molecule has 0 heterocycles. The standard InChI is InChI=1S/C19H40O4/c1-15(14-23-17(4,5)10-12-20)18(6,7)19(8,9)22-13-11-16(2,3)21/h15,20-21H,10-14H2,1-9H3. The Balaban J connectivity index is 4.66. The Morgan fingerprint density at radius 2 is 1.39 bits per heavy atom. The molecule has 0 aliphatic rings. The first-order chi connectivity index (χ1) is 10.1. The summed E-state index contributed by atoms with van der Waals surface area (Å²) >= 11 is 0. The summed E-state index contributed by atoms with van der Waals surface area (Å²) in [6, 6.07) is 0. The van der Waals surface area contributed by atoms with Crippen LogP contribution in [0.3, 0.4) is 0 Å². The van der Waals surface area contributed by atoms with Gasteiger partial charge in [0.1, 0.15) is 0 Å². The van der Waals surface area contributed by atoms with Crippen LogP contribution in [0.25, 0.3) is 0 Å². The minimum Gasteiger partial charge on any atom is -0.396 e. The van der Waals surface area contributed by atoms with Crippen LogP contribution in [0, 0.1) is 11.3 Å². The van der Waals surface area contributed by atoms with Crippen LogP contribution in [0.5, 0.6) is 0 Å². The molecular formula is C19H40O4. The van der Waals surface area contributed by atoms with Crippen LogP contribution in [0.4, 0.5) is 0 Å². The van der Waals surface area contributed by atoms with E-state index in [-0.39, 0.29) is 29.1 Å². The van der Waals surface area contributed by atoms with Gasteiger partial charge in [0.2, 0.25) is 0 Å². The largest absolute Gasteiger partial charge is 0.396 e. The van der Waals surface area contributed by atoms with Gasteiger partial charge in [0.05, 0.1) is 30.0 Å². The Bertz CT molecular complexity index is 340. The summed E-state index contributed by atoms with van der Waals surface area (Å²) in [6.45, 7) is 19.7. The smallest absolute Gasteiger partial charge is 0.0680 e. The molecule has 0 aliphatic heterocycles. The normalized spacial score (nSPS) is 15.8. The van der Waals surface area contributed by atoms with E-state index < -0.39 is 5.60 Å². The number of aliphatic hydroxyl groups excluding tert-OH is 1. The maximum absolute atomic E-state index is 9.83. The highest BCUT2D eigenvalue weighted by Crippen LogP contribution is 2.41. The molecule has 0 aromatic rings. The van der Waals surface area contributed by atoms with Crippen LogP contribution in [-0.4, -0.2) is 46.8 Å². The van der Waals surface area contributed by atoms with Crippen molar-refractivity contribution in [3.05, 3.63) is 0 Å². The molecule has 0 radical (unpaired) electrons. The van der Waals surface area contributed by atoms with Crippen LogP contribution < -0.4 is 0 Å². The topological polar surface area (TPSA) is 58.9 Å². The van der Waals surface area contributed by atoms with Gasteiger partial charge in [0.15, 0.2) is 0 Å². The maximum atomic E-state index is 9.83. The second kappa shape index (κ2) is 8.28. The molecule has 0 spiro atoms. The van der Waals surface area contributed by atoms with Gasteiger partial charge >= 0.3 is 0 Å². The number of ether oxygens (including phenoxy) is 2. The van der Waals surface area contributed by atoms with Crippen molar-refractivity contribution in [1.29, 1.82) is 0 Å². The number of aliphatic hydroxyl groups is 2. The zero-order valence-electron chi connectivity index (χ0n) is 16.8. The summed E-state index contributed by atoms with van der Waals surface area (Å²) in [5.41, 5.74) is -1.45. The third-order valence-electron chi connectivity index (χ3n) is 5.40. The lowest BCUT2D eigenvalue weighted by molar-refractivity contribution is -0.148. The van der Waals surface area contributed by atoms with Gasteiger partial charge in [-0.15, -0.1) is 0 Å². The lowest BCUT2D eigenvalue weighted by atomic mass is 9.68. The lowest BCUT2D eigenvalue weighted by Gasteiger charge is -2.46. The molecule has 0 amide bonds. The van der Waals surface area contributed by atoms with Gasteiger partial charge in [-0.3, -0.25) is 0 Å². The molecule has 0 fully saturated rings. The Kier molecular flexibility index (Phi) is 8.23. The molecule has 2 N–H and O–H groups in total. The average Bonchev–Trinajstić information content (AvgIpc) is 2.33. The van der Waals surface area contributed by atoms with Gasteiger partial charge in [-0.05, 0) is 65.7 Å². The summed E-state index contributed by atoms with van der Waals surface area (Å²) in [6.07, 6.45) is 1.24. The van der Waals surface area contributed by atoms with E-state index in [0.29, 0.717) is 26.1 Å². The van der Waals surface area contributed by atoms with Crippen LogP contribution >= 0.6 is 0 Å². The first-order valence-electron chi connectivity index (χ1n) is 8.76. The predicted molar refractivity (Wildman–Crippen MR) is 95.6 cm³/mol. The average molecular weight is 333 g/mol. The first kappa shape index (κ1) is 22.8. The molecular weight excluding hydrogens is 292 g/mol. The quantitative estimate of drug-likeness (QED) is 0.604. The fourth-order valence-electron chi connectivity index (χ4n) is 2.24. The second-order valence-corrected chi connectivity index (χ2v) is 9.09. The molecule has 4 nitrogen and oxygen atoms in total. The number of rotatable bonds is 11. The summed E-state index contributed by atoms with van der Waals surface area (Å²) in [5, 5.41) is 18.9. The van der Waals surface area contributed by atoms with Crippen molar-refractivity contribution in [2.24, 2.45) is 11.3 Å². The highest BCUT2D eigenvalue weighted by Gasteiger charge is 2.42. The number of hydrogen-bond acceptors (Lipinski definition) is 4. The van der Waals surface area contributed by atoms with Crippen molar-refractivity contribution in [2.75, 3.05) is 19.8 Å². The summed E-state index contributed by atoms with van der Waals surface area (Å²) in [5.74, 6) is 0.289. The Hall–Kier alpha value is -0.160. The van der Waals surface area contributed by atoms with Crippen LogP contribution in [0.15, 0.2) is 0 Å². The van der Waals surface area contributed by atoms with Gasteiger partial charge in [0, 0.05) is 6.61 Å². The molecule has 0 saturated heterocycles. The van der Waals surface area contributed by atoms with E-state index in [2.05, 4.69) is 34.6 Å². The van der Waals surface area contributed by atoms with Crippen molar-refractivity contribution in [3.8, 4) is 0 Å². The van der Waals surface area contributed by atoms with E-state index in [1.54, 1.807) is 13.8 Å². The van der Waals surface area contributed by atoms with Gasteiger partial charge < -0.3 is 19.7 Å². The predicted octanol–water partition coefficient (Wildman–Crippen LogP) is 3.78. The van der Waals surface area contributed by atoms with Crippen molar-refractivity contribution < 1.29 is 19.7 Å². The summed E-state index contributed by atoms with van der Waals surface area (Å²) in [7, 11) is 0. The highest BCUT2D eigenvalue weighted by molar-refractivity contribution is 4.92. The molecule has 1 atom stereocenters. The third kappa shape index (κ3) is 7.97. The lowest BCUT2D eigenvalue weighted by Crippen LogP contribution is -2.48. The fourth-order valence-corrected chi connectivity index (χ4v) is 2.24. The Morgan fingerprint density at radius 3 is 1.83 bits per heavy atom. The van der Waals surface area contributed by atoms with Gasteiger partial charge in [-0.2, -0.15) is 0 Å². The van der Waals surface area contributed by atoms with E-state index in [4.69, 9.17) is 14.6 Å². The molecule has 1 unspecified atom stereocenters. The van der Waals surface area contributed by atoms with E-state index in [0.717, 1.165) is 0 Å².